The standard InChI is InChI=1S/C19H21ClFNO3S/c1-12(23)13-8-9-17(26(4,24)25)16(10-13)22-11-19(2,3)14-6-5-7-15(20)18(14)21/h5-10,22H,11H2,1-4H3. The van der Waals surface area contributed by atoms with Gasteiger partial charge in [0, 0.05) is 23.8 Å². The number of hydrogen-bond acceptors (Lipinski definition) is 4. The Morgan fingerprint density at radius 2 is 1.88 bits per heavy atom. The van der Waals surface area contributed by atoms with Crippen LogP contribution in [-0.2, 0) is 15.3 Å². The van der Waals surface area contributed by atoms with Gasteiger partial charge < -0.3 is 5.32 Å². The highest BCUT2D eigenvalue weighted by atomic mass is 35.5. The van der Waals surface area contributed by atoms with Crippen LogP contribution in [0.25, 0.3) is 0 Å². The minimum absolute atomic E-state index is 0.0333. The Morgan fingerprint density at radius 3 is 2.46 bits per heavy atom. The summed E-state index contributed by atoms with van der Waals surface area (Å²) in [6.45, 7) is 5.30. The largest absolute Gasteiger partial charge is 0.383 e. The van der Waals surface area contributed by atoms with Crippen LogP contribution in [-0.4, -0.2) is 27.0 Å². The zero-order valence-electron chi connectivity index (χ0n) is 15.1. The van der Waals surface area contributed by atoms with Gasteiger partial charge >= 0.3 is 0 Å². The quantitative estimate of drug-likeness (QED) is 0.730. The van der Waals surface area contributed by atoms with E-state index in [1.54, 1.807) is 12.1 Å². The highest BCUT2D eigenvalue weighted by molar-refractivity contribution is 7.90. The van der Waals surface area contributed by atoms with E-state index in [0.29, 0.717) is 16.8 Å². The number of ketones is 1. The lowest BCUT2D eigenvalue weighted by molar-refractivity contribution is 0.101. The molecule has 2 aromatic carbocycles. The first kappa shape index (κ1) is 20.4. The molecule has 0 fully saturated rings. The summed E-state index contributed by atoms with van der Waals surface area (Å²) in [5, 5.41) is 3.09. The summed E-state index contributed by atoms with van der Waals surface area (Å²) in [4.78, 5) is 11.7. The molecule has 4 nitrogen and oxygen atoms in total. The fourth-order valence-electron chi connectivity index (χ4n) is 2.65. The summed E-state index contributed by atoms with van der Waals surface area (Å²) in [5.74, 6) is -0.671. The van der Waals surface area contributed by atoms with Crippen LogP contribution in [0, 0.1) is 5.82 Å². The van der Waals surface area contributed by atoms with E-state index >= 15 is 0 Å². The molecule has 0 aliphatic carbocycles. The Morgan fingerprint density at radius 1 is 1.23 bits per heavy atom. The first-order valence-electron chi connectivity index (χ1n) is 7.97. The van der Waals surface area contributed by atoms with Crippen molar-refractivity contribution in [2.75, 3.05) is 18.1 Å². The highest BCUT2D eigenvalue weighted by Crippen LogP contribution is 2.31. The van der Waals surface area contributed by atoms with Gasteiger partial charge in [-0.25, -0.2) is 12.8 Å². The van der Waals surface area contributed by atoms with E-state index in [9.17, 15) is 17.6 Å². The van der Waals surface area contributed by atoms with Crippen LogP contribution in [0.4, 0.5) is 10.1 Å². The molecule has 7 heteroatoms. The number of halogens is 2. The monoisotopic (exact) mass is 397 g/mol. The zero-order chi connectivity index (χ0) is 19.7. The molecule has 2 aromatic rings. The number of hydrogen-bond donors (Lipinski definition) is 1. The maximum atomic E-state index is 14.4. The van der Waals surface area contributed by atoms with Gasteiger partial charge in [-0.2, -0.15) is 0 Å². The van der Waals surface area contributed by atoms with Crippen molar-refractivity contribution in [2.45, 2.75) is 31.1 Å². The lowest BCUT2D eigenvalue weighted by atomic mass is 9.84. The van der Waals surface area contributed by atoms with Gasteiger partial charge in [0.25, 0.3) is 0 Å². The van der Waals surface area contributed by atoms with Crippen LogP contribution in [0.5, 0.6) is 0 Å². The van der Waals surface area contributed by atoms with Crippen LogP contribution < -0.4 is 5.32 Å². The minimum Gasteiger partial charge on any atom is -0.383 e. The molecule has 140 valence electrons. The molecule has 0 aromatic heterocycles. The molecular weight excluding hydrogens is 377 g/mol. The van der Waals surface area contributed by atoms with Crippen LogP contribution >= 0.6 is 11.6 Å². The zero-order valence-corrected chi connectivity index (χ0v) is 16.6. The first-order chi connectivity index (χ1) is 11.9. The van der Waals surface area contributed by atoms with Crippen LogP contribution in [0.3, 0.4) is 0 Å². The normalized spacial score (nSPS) is 12.1. The van der Waals surface area contributed by atoms with E-state index in [4.69, 9.17) is 11.6 Å². The van der Waals surface area contributed by atoms with Gasteiger partial charge in [0.05, 0.1) is 15.6 Å². The van der Waals surface area contributed by atoms with Crippen molar-refractivity contribution < 1.29 is 17.6 Å². The number of carbonyl (C=O) groups excluding carboxylic acids is 1. The number of anilines is 1. The third-order valence-electron chi connectivity index (χ3n) is 4.19. The molecule has 26 heavy (non-hydrogen) atoms. The molecule has 0 heterocycles. The van der Waals surface area contributed by atoms with Crippen molar-refractivity contribution >= 4 is 32.9 Å². The molecule has 0 bridgehead atoms. The first-order valence-corrected chi connectivity index (χ1v) is 10.2. The number of rotatable bonds is 6. The smallest absolute Gasteiger partial charge is 0.177 e. The molecule has 0 aliphatic rings. The summed E-state index contributed by atoms with van der Waals surface area (Å²) >= 11 is 5.87. The third-order valence-corrected chi connectivity index (χ3v) is 5.63. The summed E-state index contributed by atoms with van der Waals surface area (Å²) < 4.78 is 38.4. The molecule has 0 saturated heterocycles. The molecular formula is C19H21ClFNO3S. The predicted octanol–water partition coefficient (Wildman–Crippen LogP) is 4.47. The number of carbonyl (C=O) groups is 1. The Kier molecular flexibility index (Phi) is 5.78. The van der Waals surface area contributed by atoms with E-state index in [0.717, 1.165) is 6.26 Å². The third kappa shape index (κ3) is 4.43. The van der Waals surface area contributed by atoms with Gasteiger partial charge in [0.1, 0.15) is 5.82 Å². The Labute approximate surface area is 158 Å². The number of sulfone groups is 1. The van der Waals surface area contributed by atoms with Crippen LogP contribution in [0.2, 0.25) is 5.02 Å². The van der Waals surface area contributed by atoms with E-state index in [1.165, 1.54) is 31.2 Å². The van der Waals surface area contributed by atoms with Gasteiger partial charge in [-0.05, 0) is 36.8 Å². The van der Waals surface area contributed by atoms with E-state index in [1.807, 2.05) is 13.8 Å². The maximum Gasteiger partial charge on any atom is 0.177 e. The number of Topliss-reactive ketones (excluding diaryl/α,β-unsaturated/α-hetero) is 1. The second-order valence-electron chi connectivity index (χ2n) is 6.88. The van der Waals surface area contributed by atoms with E-state index < -0.39 is 21.1 Å². The van der Waals surface area contributed by atoms with Crippen molar-refractivity contribution in [3.8, 4) is 0 Å². The average Bonchev–Trinajstić information content (AvgIpc) is 2.54. The van der Waals surface area contributed by atoms with E-state index in [-0.39, 0.29) is 22.2 Å². The average molecular weight is 398 g/mol. The van der Waals surface area contributed by atoms with E-state index in [2.05, 4.69) is 5.32 Å². The lowest BCUT2D eigenvalue weighted by Gasteiger charge is -2.27. The lowest BCUT2D eigenvalue weighted by Crippen LogP contribution is -2.29. The van der Waals surface area contributed by atoms with Crippen LogP contribution in [0.1, 0.15) is 36.7 Å². The summed E-state index contributed by atoms with van der Waals surface area (Å²) in [7, 11) is -3.49. The van der Waals surface area contributed by atoms with Crippen molar-refractivity contribution in [1.29, 1.82) is 0 Å². The fourth-order valence-corrected chi connectivity index (χ4v) is 3.67. The minimum atomic E-state index is -3.49. The number of nitrogens with one attached hydrogen (secondary N) is 1. The summed E-state index contributed by atoms with van der Waals surface area (Å²) in [6.07, 6.45) is 1.10. The van der Waals surface area contributed by atoms with Crippen LogP contribution in [0.15, 0.2) is 41.3 Å². The number of benzene rings is 2. The molecule has 0 aliphatic heterocycles. The predicted molar refractivity (Wildman–Crippen MR) is 102 cm³/mol. The SMILES string of the molecule is CC(=O)c1ccc(S(C)(=O)=O)c(NCC(C)(C)c2cccc(Cl)c2F)c1. The van der Waals surface area contributed by atoms with Crippen molar-refractivity contribution in [3.63, 3.8) is 0 Å². The molecule has 0 unspecified atom stereocenters. The van der Waals surface area contributed by atoms with Gasteiger partial charge in [0.2, 0.25) is 0 Å². The Balaban J connectivity index is 2.40. The summed E-state index contributed by atoms with van der Waals surface area (Å²) in [5.41, 5.74) is 0.458. The summed E-state index contributed by atoms with van der Waals surface area (Å²) in [6, 6.07) is 9.17. The second kappa shape index (κ2) is 7.37. The molecule has 0 atom stereocenters. The molecule has 0 amide bonds. The van der Waals surface area contributed by atoms with Gasteiger partial charge in [-0.1, -0.05) is 37.6 Å². The molecule has 0 spiro atoms. The van der Waals surface area contributed by atoms with Gasteiger partial charge in [0.15, 0.2) is 15.6 Å². The molecule has 0 saturated carbocycles. The Hall–Kier alpha value is -1.92. The Bertz CT molecular complexity index is 955. The molecule has 2 rings (SSSR count). The fraction of sp³-hybridized carbons (Fsp3) is 0.316. The maximum absolute atomic E-state index is 14.4. The second-order valence-corrected chi connectivity index (χ2v) is 9.27. The van der Waals surface area contributed by atoms with Gasteiger partial charge in [-0.15, -0.1) is 0 Å². The topological polar surface area (TPSA) is 63.2 Å². The highest BCUT2D eigenvalue weighted by Gasteiger charge is 2.26. The molecule has 1 N–H and O–H groups in total. The van der Waals surface area contributed by atoms with Crippen molar-refractivity contribution in [2.24, 2.45) is 0 Å². The van der Waals surface area contributed by atoms with Crippen molar-refractivity contribution in [1.82, 2.24) is 0 Å². The van der Waals surface area contributed by atoms with Gasteiger partial charge in [-0.3, -0.25) is 4.79 Å². The molecule has 0 radical (unpaired) electrons. The van der Waals surface area contributed by atoms with Crippen molar-refractivity contribution in [3.05, 3.63) is 58.4 Å².